The Kier molecular flexibility index (Phi) is 5.15. The van der Waals surface area contributed by atoms with Crippen molar-refractivity contribution < 1.29 is 18.7 Å². The highest BCUT2D eigenvalue weighted by molar-refractivity contribution is 5.45. The minimum Gasteiger partial charge on any atom is -0.467 e. The Labute approximate surface area is 117 Å². The van der Waals surface area contributed by atoms with Crippen LogP contribution in [0.3, 0.4) is 0 Å². The van der Waals surface area contributed by atoms with Crippen molar-refractivity contribution in [3.05, 3.63) is 53.7 Å². The summed E-state index contributed by atoms with van der Waals surface area (Å²) in [5.41, 5.74) is 1.34. The van der Waals surface area contributed by atoms with E-state index in [0.29, 0.717) is 18.7 Å². The fraction of sp³-hybridized carbons (Fsp3) is 0.333. The summed E-state index contributed by atoms with van der Waals surface area (Å²) in [4.78, 5) is 0. The third-order valence-electron chi connectivity index (χ3n) is 2.83. The standard InChI is InChI=1S/C15H18FNO3/c1-11-7-12(4-5-15(11)16)17-8-13(18)9-19-10-14-3-2-6-20-14/h2-7,13,17-18H,8-10H2,1H3. The summed E-state index contributed by atoms with van der Waals surface area (Å²) in [7, 11) is 0. The van der Waals surface area contributed by atoms with Gasteiger partial charge in [0.1, 0.15) is 18.2 Å². The van der Waals surface area contributed by atoms with Gasteiger partial charge in [-0.25, -0.2) is 4.39 Å². The molecule has 0 fully saturated rings. The molecule has 0 bridgehead atoms. The number of aliphatic hydroxyl groups is 1. The van der Waals surface area contributed by atoms with Crippen LogP contribution in [0.5, 0.6) is 0 Å². The van der Waals surface area contributed by atoms with E-state index >= 15 is 0 Å². The summed E-state index contributed by atoms with van der Waals surface area (Å²) in [6.45, 7) is 2.57. The predicted octanol–water partition coefficient (Wildman–Crippen LogP) is 2.72. The molecule has 1 atom stereocenters. The zero-order valence-electron chi connectivity index (χ0n) is 11.3. The molecule has 0 aliphatic rings. The number of ether oxygens (including phenoxy) is 1. The van der Waals surface area contributed by atoms with E-state index in [9.17, 15) is 9.50 Å². The van der Waals surface area contributed by atoms with E-state index in [1.54, 1.807) is 31.4 Å². The van der Waals surface area contributed by atoms with Crippen molar-refractivity contribution in [3.8, 4) is 0 Å². The summed E-state index contributed by atoms with van der Waals surface area (Å²) < 4.78 is 23.5. The second-order valence-corrected chi connectivity index (χ2v) is 4.59. The van der Waals surface area contributed by atoms with E-state index in [4.69, 9.17) is 9.15 Å². The fourth-order valence-electron chi connectivity index (χ4n) is 1.74. The van der Waals surface area contributed by atoms with Crippen LogP contribution in [0.25, 0.3) is 0 Å². The van der Waals surface area contributed by atoms with Crippen LogP contribution in [0.2, 0.25) is 0 Å². The van der Waals surface area contributed by atoms with Crippen molar-refractivity contribution in [2.75, 3.05) is 18.5 Å². The Morgan fingerprint density at radius 1 is 1.40 bits per heavy atom. The maximum atomic E-state index is 13.1. The number of nitrogens with one attached hydrogen (secondary N) is 1. The Bertz CT molecular complexity index is 528. The molecule has 2 rings (SSSR count). The van der Waals surface area contributed by atoms with E-state index < -0.39 is 6.10 Å². The lowest BCUT2D eigenvalue weighted by atomic mass is 10.2. The normalized spacial score (nSPS) is 12.3. The van der Waals surface area contributed by atoms with Gasteiger partial charge in [-0.3, -0.25) is 0 Å². The molecule has 4 nitrogen and oxygen atoms in total. The molecule has 0 aliphatic heterocycles. The molecule has 1 aromatic carbocycles. The summed E-state index contributed by atoms with van der Waals surface area (Å²) in [6, 6.07) is 8.33. The molecule has 2 N–H and O–H groups in total. The molecule has 0 saturated heterocycles. The highest BCUT2D eigenvalue weighted by Gasteiger charge is 2.06. The summed E-state index contributed by atoms with van der Waals surface area (Å²) in [5, 5.41) is 12.8. The van der Waals surface area contributed by atoms with Gasteiger partial charge < -0.3 is 19.6 Å². The second kappa shape index (κ2) is 7.07. The van der Waals surface area contributed by atoms with Crippen LogP contribution in [0.1, 0.15) is 11.3 Å². The largest absolute Gasteiger partial charge is 0.467 e. The van der Waals surface area contributed by atoms with Crippen LogP contribution in [-0.4, -0.2) is 24.4 Å². The second-order valence-electron chi connectivity index (χ2n) is 4.59. The lowest BCUT2D eigenvalue weighted by Gasteiger charge is -2.13. The molecule has 0 amide bonds. The first kappa shape index (κ1) is 14.6. The smallest absolute Gasteiger partial charge is 0.129 e. The molecule has 1 aromatic heterocycles. The maximum Gasteiger partial charge on any atom is 0.129 e. The first-order valence-corrected chi connectivity index (χ1v) is 6.43. The van der Waals surface area contributed by atoms with Gasteiger partial charge in [0.25, 0.3) is 0 Å². The minimum atomic E-state index is -0.643. The number of furan rings is 1. The van der Waals surface area contributed by atoms with E-state index in [2.05, 4.69) is 5.32 Å². The molecule has 2 aromatic rings. The molecule has 20 heavy (non-hydrogen) atoms. The van der Waals surface area contributed by atoms with Crippen LogP contribution >= 0.6 is 0 Å². The molecule has 0 saturated carbocycles. The lowest BCUT2D eigenvalue weighted by molar-refractivity contribution is 0.0282. The third-order valence-corrected chi connectivity index (χ3v) is 2.83. The van der Waals surface area contributed by atoms with Crippen LogP contribution in [0.15, 0.2) is 41.0 Å². The molecule has 0 spiro atoms. The van der Waals surface area contributed by atoms with Crippen molar-refractivity contribution in [1.29, 1.82) is 0 Å². The quantitative estimate of drug-likeness (QED) is 0.818. The zero-order chi connectivity index (χ0) is 14.4. The first-order chi connectivity index (χ1) is 9.65. The fourth-order valence-corrected chi connectivity index (χ4v) is 1.74. The number of aryl methyl sites for hydroxylation is 1. The third kappa shape index (κ3) is 4.36. The zero-order valence-corrected chi connectivity index (χ0v) is 11.3. The number of rotatable bonds is 7. The highest BCUT2D eigenvalue weighted by atomic mass is 19.1. The highest BCUT2D eigenvalue weighted by Crippen LogP contribution is 2.13. The lowest BCUT2D eigenvalue weighted by Crippen LogP contribution is -2.24. The monoisotopic (exact) mass is 279 g/mol. The van der Waals surface area contributed by atoms with Gasteiger partial charge in [0.05, 0.1) is 19.0 Å². The summed E-state index contributed by atoms with van der Waals surface area (Å²) in [5.74, 6) is 0.484. The van der Waals surface area contributed by atoms with E-state index in [1.807, 2.05) is 6.07 Å². The predicted molar refractivity (Wildman–Crippen MR) is 74.0 cm³/mol. The van der Waals surface area contributed by atoms with E-state index in [0.717, 1.165) is 11.4 Å². The number of aliphatic hydroxyl groups excluding tert-OH is 1. The number of hydrogen-bond acceptors (Lipinski definition) is 4. The molecular formula is C15H18FNO3. The van der Waals surface area contributed by atoms with Gasteiger partial charge in [0, 0.05) is 12.2 Å². The van der Waals surface area contributed by atoms with Gasteiger partial charge in [-0.05, 0) is 42.8 Å². The van der Waals surface area contributed by atoms with Crippen LogP contribution < -0.4 is 5.32 Å². The van der Waals surface area contributed by atoms with E-state index in [1.165, 1.54) is 6.07 Å². The number of anilines is 1. The molecular weight excluding hydrogens is 261 g/mol. The van der Waals surface area contributed by atoms with Crippen molar-refractivity contribution in [3.63, 3.8) is 0 Å². The van der Waals surface area contributed by atoms with Gasteiger partial charge in [-0.15, -0.1) is 0 Å². The van der Waals surface area contributed by atoms with Crippen molar-refractivity contribution in [2.24, 2.45) is 0 Å². The maximum absolute atomic E-state index is 13.1. The van der Waals surface area contributed by atoms with E-state index in [-0.39, 0.29) is 12.4 Å². The van der Waals surface area contributed by atoms with Gasteiger partial charge in [-0.2, -0.15) is 0 Å². The van der Waals surface area contributed by atoms with Gasteiger partial charge in [0.15, 0.2) is 0 Å². The Morgan fingerprint density at radius 3 is 2.95 bits per heavy atom. The van der Waals surface area contributed by atoms with Crippen LogP contribution in [-0.2, 0) is 11.3 Å². The Hall–Kier alpha value is -1.85. The number of benzene rings is 1. The SMILES string of the molecule is Cc1cc(NCC(O)COCc2ccco2)ccc1F. The average Bonchev–Trinajstić information content (AvgIpc) is 2.93. The summed E-state index contributed by atoms with van der Waals surface area (Å²) in [6.07, 6.45) is 0.934. The molecule has 1 unspecified atom stereocenters. The molecule has 0 aliphatic carbocycles. The van der Waals surface area contributed by atoms with Gasteiger partial charge in [0.2, 0.25) is 0 Å². The topological polar surface area (TPSA) is 54.6 Å². The summed E-state index contributed by atoms with van der Waals surface area (Å²) >= 11 is 0. The molecule has 108 valence electrons. The average molecular weight is 279 g/mol. The van der Waals surface area contributed by atoms with Crippen molar-refractivity contribution in [2.45, 2.75) is 19.6 Å². The number of hydrogen-bond donors (Lipinski definition) is 2. The van der Waals surface area contributed by atoms with Crippen LogP contribution in [0.4, 0.5) is 10.1 Å². The van der Waals surface area contributed by atoms with Crippen LogP contribution in [0, 0.1) is 12.7 Å². The van der Waals surface area contributed by atoms with Crippen molar-refractivity contribution in [1.82, 2.24) is 0 Å². The Balaban J connectivity index is 1.69. The van der Waals surface area contributed by atoms with Gasteiger partial charge in [-0.1, -0.05) is 0 Å². The first-order valence-electron chi connectivity index (χ1n) is 6.43. The molecule has 0 radical (unpaired) electrons. The Morgan fingerprint density at radius 2 is 2.25 bits per heavy atom. The van der Waals surface area contributed by atoms with Gasteiger partial charge >= 0.3 is 0 Å². The van der Waals surface area contributed by atoms with Crippen molar-refractivity contribution >= 4 is 5.69 Å². The molecule has 1 heterocycles. The molecule has 5 heteroatoms. The minimum absolute atomic E-state index is 0.202. The number of halogens is 1.